The second-order valence-electron chi connectivity index (χ2n) is 5.07. The SMILES string of the molecule is CCc1ccc(S(=O)(=O)N2CC[C@H](CNC)C2)cc1. The fourth-order valence-corrected chi connectivity index (χ4v) is 4.05. The number of benzene rings is 1. The van der Waals surface area contributed by atoms with Gasteiger partial charge in [-0.1, -0.05) is 19.1 Å². The smallest absolute Gasteiger partial charge is 0.243 e. The molecule has 0 bridgehead atoms. The van der Waals surface area contributed by atoms with Crippen LogP contribution in [-0.4, -0.2) is 39.4 Å². The fraction of sp³-hybridized carbons (Fsp3) is 0.571. The van der Waals surface area contributed by atoms with Crippen molar-refractivity contribution in [3.05, 3.63) is 29.8 Å². The highest BCUT2D eigenvalue weighted by atomic mass is 32.2. The van der Waals surface area contributed by atoms with Crippen molar-refractivity contribution in [2.75, 3.05) is 26.7 Å². The maximum atomic E-state index is 12.5. The van der Waals surface area contributed by atoms with Gasteiger partial charge < -0.3 is 5.32 Å². The first-order valence-corrected chi connectivity index (χ1v) is 8.25. The van der Waals surface area contributed by atoms with Crippen molar-refractivity contribution in [2.45, 2.75) is 24.7 Å². The number of sulfonamides is 1. The van der Waals surface area contributed by atoms with Gasteiger partial charge in [0.25, 0.3) is 0 Å². The Hall–Kier alpha value is -0.910. The molecule has 1 aromatic carbocycles. The van der Waals surface area contributed by atoms with Gasteiger partial charge in [0.15, 0.2) is 0 Å². The maximum absolute atomic E-state index is 12.5. The zero-order valence-corrected chi connectivity index (χ0v) is 12.4. The van der Waals surface area contributed by atoms with Gasteiger partial charge in [-0.15, -0.1) is 0 Å². The van der Waals surface area contributed by atoms with Crippen LogP contribution in [0, 0.1) is 5.92 Å². The molecule has 1 N–H and O–H groups in total. The van der Waals surface area contributed by atoms with Crippen molar-refractivity contribution in [3.63, 3.8) is 0 Å². The van der Waals surface area contributed by atoms with E-state index in [1.807, 2.05) is 19.2 Å². The quantitative estimate of drug-likeness (QED) is 0.890. The van der Waals surface area contributed by atoms with Gasteiger partial charge in [-0.05, 0) is 50.0 Å². The van der Waals surface area contributed by atoms with Gasteiger partial charge in [-0.2, -0.15) is 4.31 Å². The third-order valence-electron chi connectivity index (χ3n) is 3.71. The summed E-state index contributed by atoms with van der Waals surface area (Å²) in [5.74, 6) is 0.426. The molecule has 19 heavy (non-hydrogen) atoms. The lowest BCUT2D eigenvalue weighted by Gasteiger charge is -2.16. The summed E-state index contributed by atoms with van der Waals surface area (Å²) in [5.41, 5.74) is 1.16. The second-order valence-corrected chi connectivity index (χ2v) is 7.01. The molecule has 4 nitrogen and oxygen atoms in total. The zero-order chi connectivity index (χ0) is 13.9. The van der Waals surface area contributed by atoms with E-state index >= 15 is 0 Å². The molecule has 0 saturated carbocycles. The standard InChI is InChI=1S/C14H22N2O2S/c1-3-12-4-6-14(7-5-12)19(17,18)16-9-8-13(11-16)10-15-2/h4-7,13,15H,3,8-11H2,1-2H3/t13-/m1/s1. The van der Waals surface area contributed by atoms with E-state index < -0.39 is 10.0 Å². The third kappa shape index (κ3) is 3.16. The number of rotatable bonds is 5. The summed E-state index contributed by atoms with van der Waals surface area (Å²) >= 11 is 0. The summed E-state index contributed by atoms with van der Waals surface area (Å²) in [7, 11) is -1.41. The van der Waals surface area contributed by atoms with Crippen LogP contribution in [0.5, 0.6) is 0 Å². The Labute approximate surface area is 115 Å². The van der Waals surface area contributed by atoms with Crippen LogP contribution in [0.25, 0.3) is 0 Å². The average Bonchev–Trinajstić information content (AvgIpc) is 2.89. The fourth-order valence-electron chi connectivity index (χ4n) is 2.52. The molecule has 1 fully saturated rings. The van der Waals surface area contributed by atoms with E-state index in [2.05, 4.69) is 12.2 Å². The van der Waals surface area contributed by atoms with Crippen LogP contribution in [0.2, 0.25) is 0 Å². The monoisotopic (exact) mass is 282 g/mol. The Morgan fingerprint density at radius 1 is 1.32 bits per heavy atom. The second kappa shape index (κ2) is 6.03. The molecule has 0 unspecified atom stereocenters. The Morgan fingerprint density at radius 3 is 2.58 bits per heavy atom. The zero-order valence-electron chi connectivity index (χ0n) is 11.6. The van der Waals surface area contributed by atoms with E-state index in [-0.39, 0.29) is 0 Å². The molecule has 1 aliphatic heterocycles. The number of nitrogens with zero attached hydrogens (tertiary/aromatic N) is 1. The largest absolute Gasteiger partial charge is 0.319 e. The Kier molecular flexibility index (Phi) is 4.60. The van der Waals surface area contributed by atoms with Crippen LogP contribution in [0.15, 0.2) is 29.2 Å². The van der Waals surface area contributed by atoms with Crippen molar-refractivity contribution in [2.24, 2.45) is 5.92 Å². The van der Waals surface area contributed by atoms with Gasteiger partial charge >= 0.3 is 0 Å². The van der Waals surface area contributed by atoms with Crippen molar-refractivity contribution >= 4 is 10.0 Å². The molecule has 5 heteroatoms. The van der Waals surface area contributed by atoms with Crippen LogP contribution in [0.4, 0.5) is 0 Å². The van der Waals surface area contributed by atoms with Crippen LogP contribution in [0.3, 0.4) is 0 Å². The van der Waals surface area contributed by atoms with Crippen molar-refractivity contribution < 1.29 is 8.42 Å². The molecule has 0 amide bonds. The summed E-state index contributed by atoms with van der Waals surface area (Å²) in [6.07, 6.45) is 1.86. The molecule has 0 spiro atoms. The van der Waals surface area contributed by atoms with Gasteiger partial charge in [-0.3, -0.25) is 0 Å². The van der Waals surface area contributed by atoms with Crippen molar-refractivity contribution in [1.82, 2.24) is 9.62 Å². The summed E-state index contributed by atoms with van der Waals surface area (Å²) in [6, 6.07) is 7.24. The molecule has 1 aliphatic rings. The first-order valence-electron chi connectivity index (χ1n) is 6.81. The Bertz CT molecular complexity index is 511. The summed E-state index contributed by atoms with van der Waals surface area (Å²) in [4.78, 5) is 0.412. The van der Waals surface area contributed by atoms with Gasteiger partial charge in [0.05, 0.1) is 4.90 Å². The Morgan fingerprint density at radius 2 is 2.00 bits per heavy atom. The minimum absolute atomic E-state index is 0.412. The van der Waals surface area contributed by atoms with Crippen LogP contribution in [0.1, 0.15) is 18.9 Å². The van der Waals surface area contributed by atoms with Gasteiger partial charge in [0.1, 0.15) is 0 Å². The van der Waals surface area contributed by atoms with E-state index in [4.69, 9.17) is 0 Å². The van der Waals surface area contributed by atoms with E-state index in [9.17, 15) is 8.42 Å². The minimum Gasteiger partial charge on any atom is -0.319 e. The predicted octanol–water partition coefficient (Wildman–Crippen LogP) is 1.48. The molecule has 0 aliphatic carbocycles. The first kappa shape index (κ1) is 14.5. The van der Waals surface area contributed by atoms with Crippen LogP contribution in [-0.2, 0) is 16.4 Å². The molecule has 1 saturated heterocycles. The van der Waals surface area contributed by atoms with Crippen LogP contribution < -0.4 is 5.32 Å². The molecule has 0 aromatic heterocycles. The highest BCUT2D eigenvalue weighted by Crippen LogP contribution is 2.24. The van der Waals surface area contributed by atoms with Crippen molar-refractivity contribution in [1.29, 1.82) is 0 Å². The highest BCUT2D eigenvalue weighted by molar-refractivity contribution is 7.89. The highest BCUT2D eigenvalue weighted by Gasteiger charge is 2.31. The number of hydrogen-bond donors (Lipinski definition) is 1. The number of hydrogen-bond acceptors (Lipinski definition) is 3. The molecular formula is C14H22N2O2S. The summed E-state index contributed by atoms with van der Waals surface area (Å²) in [5, 5.41) is 3.11. The normalized spacial score (nSPS) is 20.8. The number of aryl methyl sites for hydroxylation is 1. The first-order chi connectivity index (χ1) is 9.07. The van der Waals surface area contributed by atoms with Gasteiger partial charge in [0, 0.05) is 13.1 Å². The summed E-state index contributed by atoms with van der Waals surface area (Å²) < 4.78 is 26.6. The lowest BCUT2D eigenvalue weighted by molar-refractivity contribution is 0.451. The lowest BCUT2D eigenvalue weighted by Crippen LogP contribution is -2.30. The maximum Gasteiger partial charge on any atom is 0.243 e. The molecule has 1 aromatic rings. The molecular weight excluding hydrogens is 260 g/mol. The molecule has 106 valence electrons. The molecule has 0 radical (unpaired) electrons. The van der Waals surface area contributed by atoms with E-state index in [0.29, 0.717) is 23.9 Å². The lowest BCUT2D eigenvalue weighted by atomic mass is 10.1. The van der Waals surface area contributed by atoms with E-state index in [1.165, 1.54) is 0 Å². The third-order valence-corrected chi connectivity index (χ3v) is 5.59. The topological polar surface area (TPSA) is 49.4 Å². The van der Waals surface area contributed by atoms with Gasteiger partial charge in [0.2, 0.25) is 10.0 Å². The average molecular weight is 282 g/mol. The Balaban J connectivity index is 2.13. The summed E-state index contributed by atoms with van der Waals surface area (Å²) in [6.45, 7) is 4.19. The predicted molar refractivity (Wildman–Crippen MR) is 76.6 cm³/mol. The molecule has 2 rings (SSSR count). The van der Waals surface area contributed by atoms with Crippen LogP contribution >= 0.6 is 0 Å². The molecule has 1 heterocycles. The van der Waals surface area contributed by atoms with E-state index in [1.54, 1.807) is 16.4 Å². The van der Waals surface area contributed by atoms with E-state index in [0.717, 1.165) is 24.9 Å². The molecule has 1 atom stereocenters. The van der Waals surface area contributed by atoms with Gasteiger partial charge in [-0.25, -0.2) is 8.42 Å². The number of nitrogens with one attached hydrogen (secondary N) is 1. The minimum atomic E-state index is -3.31. The van der Waals surface area contributed by atoms with Crippen molar-refractivity contribution in [3.8, 4) is 0 Å².